The smallest absolute Gasteiger partial charge is 0.301 e. The highest BCUT2D eigenvalue weighted by molar-refractivity contribution is 5.94. The molecular formula is C19H16N6O2. The lowest BCUT2D eigenvalue weighted by molar-refractivity contribution is -0.382. The van der Waals surface area contributed by atoms with Crippen LogP contribution in [0.3, 0.4) is 0 Å². The van der Waals surface area contributed by atoms with Crippen LogP contribution in [0.2, 0.25) is 0 Å². The maximum Gasteiger partial charge on any atom is 0.301 e. The molecule has 1 aromatic carbocycles. The predicted molar refractivity (Wildman–Crippen MR) is 102 cm³/mol. The third kappa shape index (κ3) is 3.11. The van der Waals surface area contributed by atoms with Gasteiger partial charge in [0.05, 0.1) is 27.5 Å². The summed E-state index contributed by atoms with van der Waals surface area (Å²) in [4.78, 5) is 24.1. The van der Waals surface area contributed by atoms with E-state index in [0.717, 1.165) is 5.82 Å². The number of nitriles is 1. The van der Waals surface area contributed by atoms with Crippen molar-refractivity contribution in [2.24, 2.45) is 0 Å². The number of anilines is 2. The molecule has 3 heterocycles. The molecule has 1 aliphatic heterocycles. The lowest BCUT2D eigenvalue weighted by Gasteiger charge is -2.36. The van der Waals surface area contributed by atoms with E-state index < -0.39 is 0 Å². The molecule has 0 spiro atoms. The number of piperazine rings is 1. The second-order valence-corrected chi connectivity index (χ2v) is 6.25. The molecule has 27 heavy (non-hydrogen) atoms. The largest absolute Gasteiger partial charge is 0.362 e. The number of nitro benzene ring substituents is 1. The summed E-state index contributed by atoms with van der Waals surface area (Å²) >= 11 is 0. The van der Waals surface area contributed by atoms with E-state index in [1.807, 2.05) is 11.0 Å². The molecule has 1 fully saturated rings. The molecule has 0 saturated carbocycles. The Morgan fingerprint density at radius 2 is 1.81 bits per heavy atom. The molecular weight excluding hydrogens is 344 g/mol. The Labute approximate surface area is 155 Å². The van der Waals surface area contributed by atoms with Crippen molar-refractivity contribution in [2.75, 3.05) is 36.0 Å². The van der Waals surface area contributed by atoms with Gasteiger partial charge >= 0.3 is 5.69 Å². The summed E-state index contributed by atoms with van der Waals surface area (Å²) < 4.78 is 0. The zero-order chi connectivity index (χ0) is 18.8. The van der Waals surface area contributed by atoms with Gasteiger partial charge in [0.25, 0.3) is 0 Å². The van der Waals surface area contributed by atoms with E-state index in [1.165, 1.54) is 0 Å². The fourth-order valence-electron chi connectivity index (χ4n) is 3.41. The highest BCUT2D eigenvalue weighted by Crippen LogP contribution is 2.35. The number of fused-ring (bicyclic) bond motifs is 1. The van der Waals surface area contributed by atoms with Crippen LogP contribution >= 0.6 is 0 Å². The Kier molecular flexibility index (Phi) is 4.26. The van der Waals surface area contributed by atoms with Crippen LogP contribution in [0.25, 0.3) is 10.9 Å². The maximum atomic E-state index is 11.7. The average Bonchev–Trinajstić information content (AvgIpc) is 2.73. The van der Waals surface area contributed by atoms with Gasteiger partial charge in [0.2, 0.25) is 0 Å². The zero-order valence-corrected chi connectivity index (χ0v) is 14.4. The molecule has 0 aliphatic carbocycles. The van der Waals surface area contributed by atoms with Crippen molar-refractivity contribution in [1.82, 2.24) is 9.97 Å². The van der Waals surface area contributed by atoms with E-state index >= 15 is 0 Å². The van der Waals surface area contributed by atoms with E-state index in [9.17, 15) is 10.1 Å². The van der Waals surface area contributed by atoms with E-state index in [1.54, 1.807) is 42.7 Å². The highest BCUT2D eigenvalue weighted by atomic mass is 16.6. The summed E-state index contributed by atoms with van der Waals surface area (Å²) in [5.41, 5.74) is 1.89. The topological polar surface area (TPSA) is 99.2 Å². The molecule has 1 aliphatic rings. The second kappa shape index (κ2) is 6.88. The van der Waals surface area contributed by atoms with Crippen molar-refractivity contribution in [3.63, 3.8) is 0 Å². The first-order chi connectivity index (χ1) is 13.2. The van der Waals surface area contributed by atoms with Crippen LogP contribution in [-0.4, -0.2) is 41.1 Å². The van der Waals surface area contributed by atoms with Crippen LogP contribution in [0.5, 0.6) is 0 Å². The number of benzene rings is 1. The van der Waals surface area contributed by atoms with Crippen molar-refractivity contribution in [3.8, 4) is 6.07 Å². The van der Waals surface area contributed by atoms with E-state index in [0.29, 0.717) is 48.3 Å². The number of hydrogen-bond acceptors (Lipinski definition) is 7. The van der Waals surface area contributed by atoms with Crippen LogP contribution < -0.4 is 9.80 Å². The molecule has 0 unspecified atom stereocenters. The van der Waals surface area contributed by atoms with Crippen molar-refractivity contribution in [3.05, 3.63) is 64.5 Å². The lowest BCUT2D eigenvalue weighted by Crippen LogP contribution is -2.47. The Balaban J connectivity index is 1.60. The Morgan fingerprint density at radius 1 is 1.04 bits per heavy atom. The quantitative estimate of drug-likeness (QED) is 0.523. The van der Waals surface area contributed by atoms with Gasteiger partial charge in [-0.15, -0.1) is 0 Å². The molecule has 3 aromatic rings. The van der Waals surface area contributed by atoms with Crippen molar-refractivity contribution < 1.29 is 4.92 Å². The Hall–Kier alpha value is -3.73. The minimum absolute atomic E-state index is 0.0960. The van der Waals surface area contributed by atoms with Gasteiger partial charge in [-0.1, -0.05) is 0 Å². The average molecular weight is 360 g/mol. The lowest BCUT2D eigenvalue weighted by atomic mass is 10.1. The fourth-order valence-corrected chi connectivity index (χ4v) is 3.41. The minimum Gasteiger partial charge on any atom is -0.362 e. The molecule has 2 aromatic heterocycles. The van der Waals surface area contributed by atoms with Crippen LogP contribution in [0.15, 0.2) is 48.8 Å². The van der Waals surface area contributed by atoms with Crippen LogP contribution in [0.4, 0.5) is 17.2 Å². The van der Waals surface area contributed by atoms with Crippen LogP contribution in [-0.2, 0) is 0 Å². The van der Waals surface area contributed by atoms with Gasteiger partial charge in [0, 0.05) is 38.6 Å². The van der Waals surface area contributed by atoms with Gasteiger partial charge in [-0.3, -0.25) is 15.1 Å². The Morgan fingerprint density at radius 3 is 2.56 bits per heavy atom. The zero-order valence-electron chi connectivity index (χ0n) is 14.4. The standard InChI is InChI=1S/C19H16N6O2/c20-13-14-5-7-22-18(12-14)24-10-8-23(9-11-24)17-4-3-16-15(2-1-6-21-16)19(17)25(26)27/h1-7,12H,8-11H2. The summed E-state index contributed by atoms with van der Waals surface area (Å²) in [6.45, 7) is 2.60. The number of hydrogen-bond donors (Lipinski definition) is 0. The van der Waals surface area contributed by atoms with Gasteiger partial charge in [-0.25, -0.2) is 4.98 Å². The van der Waals surface area contributed by atoms with Gasteiger partial charge in [0.15, 0.2) is 0 Å². The molecule has 0 amide bonds. The minimum atomic E-state index is -0.330. The van der Waals surface area contributed by atoms with Crippen LogP contribution in [0.1, 0.15) is 5.56 Å². The molecule has 0 radical (unpaired) electrons. The van der Waals surface area contributed by atoms with Crippen molar-refractivity contribution >= 4 is 28.1 Å². The number of rotatable bonds is 3. The van der Waals surface area contributed by atoms with Gasteiger partial charge in [-0.05, 0) is 36.4 Å². The number of nitro groups is 1. The highest BCUT2D eigenvalue weighted by Gasteiger charge is 2.26. The third-order valence-electron chi connectivity index (χ3n) is 4.74. The molecule has 0 bridgehead atoms. The van der Waals surface area contributed by atoms with E-state index in [2.05, 4.69) is 20.9 Å². The monoisotopic (exact) mass is 360 g/mol. The maximum absolute atomic E-state index is 11.7. The summed E-state index contributed by atoms with van der Waals surface area (Å²) in [7, 11) is 0. The summed E-state index contributed by atoms with van der Waals surface area (Å²) in [6, 6.07) is 12.6. The number of pyridine rings is 2. The van der Waals surface area contributed by atoms with Gasteiger partial charge in [-0.2, -0.15) is 5.26 Å². The van der Waals surface area contributed by atoms with E-state index in [-0.39, 0.29) is 10.6 Å². The molecule has 8 nitrogen and oxygen atoms in total. The second-order valence-electron chi connectivity index (χ2n) is 6.25. The molecule has 0 atom stereocenters. The number of aromatic nitrogens is 2. The molecule has 134 valence electrons. The molecule has 8 heteroatoms. The van der Waals surface area contributed by atoms with Crippen LogP contribution in [0, 0.1) is 21.4 Å². The SMILES string of the molecule is N#Cc1ccnc(N2CCN(c3ccc4ncccc4c3[N+](=O)[O-])CC2)c1. The summed E-state index contributed by atoms with van der Waals surface area (Å²) in [6.07, 6.45) is 3.26. The normalized spacial score (nSPS) is 14.2. The summed E-state index contributed by atoms with van der Waals surface area (Å²) in [5, 5.41) is 21.3. The number of nitrogens with zero attached hydrogens (tertiary/aromatic N) is 6. The van der Waals surface area contributed by atoms with Crippen molar-refractivity contribution in [1.29, 1.82) is 5.26 Å². The third-order valence-corrected chi connectivity index (χ3v) is 4.74. The summed E-state index contributed by atoms with van der Waals surface area (Å²) in [5.74, 6) is 0.755. The van der Waals surface area contributed by atoms with Gasteiger partial charge in [0.1, 0.15) is 11.5 Å². The first-order valence-corrected chi connectivity index (χ1v) is 8.55. The molecule has 0 N–H and O–H groups in total. The van der Waals surface area contributed by atoms with Gasteiger partial charge < -0.3 is 9.80 Å². The molecule has 4 rings (SSSR count). The fraction of sp³-hybridized carbons (Fsp3) is 0.211. The van der Waals surface area contributed by atoms with Crippen molar-refractivity contribution in [2.45, 2.75) is 0 Å². The predicted octanol–water partition coefficient (Wildman–Crippen LogP) is 2.74. The first kappa shape index (κ1) is 16.7. The molecule has 1 saturated heterocycles. The van der Waals surface area contributed by atoms with E-state index in [4.69, 9.17) is 5.26 Å². The first-order valence-electron chi connectivity index (χ1n) is 8.55. The Bertz CT molecular complexity index is 1050.